The van der Waals surface area contributed by atoms with Crippen LogP contribution in [0.5, 0.6) is 5.75 Å². The molecule has 8 heteroatoms. The van der Waals surface area contributed by atoms with E-state index in [1.807, 2.05) is 44.2 Å². The minimum atomic E-state index is -0.241. The number of ether oxygens (including phenoxy) is 1. The summed E-state index contributed by atoms with van der Waals surface area (Å²) in [5, 5.41) is 10.3. The van der Waals surface area contributed by atoms with Gasteiger partial charge in [-0.1, -0.05) is 17.3 Å². The Balaban J connectivity index is 1.65. The molecule has 0 atom stereocenters. The van der Waals surface area contributed by atoms with Gasteiger partial charge in [-0.15, -0.1) is 0 Å². The molecule has 0 aliphatic carbocycles. The van der Waals surface area contributed by atoms with Crippen LogP contribution in [-0.2, 0) is 13.0 Å². The van der Waals surface area contributed by atoms with Crippen molar-refractivity contribution in [2.75, 3.05) is 11.9 Å². The van der Waals surface area contributed by atoms with Crippen molar-refractivity contribution in [1.29, 1.82) is 0 Å². The van der Waals surface area contributed by atoms with E-state index in [2.05, 4.69) is 25.8 Å². The van der Waals surface area contributed by atoms with Gasteiger partial charge in [-0.25, -0.2) is 9.38 Å². The van der Waals surface area contributed by atoms with Crippen molar-refractivity contribution in [3.8, 4) is 5.75 Å². The summed E-state index contributed by atoms with van der Waals surface area (Å²) in [4.78, 5) is 8.68. The first kappa shape index (κ1) is 21.3. The van der Waals surface area contributed by atoms with E-state index in [9.17, 15) is 4.39 Å². The molecule has 7 nitrogen and oxygen atoms in total. The molecule has 3 rings (SSSR count). The monoisotopic (exact) mass is 411 g/mol. The molecule has 2 aromatic carbocycles. The molecule has 0 aliphatic rings. The third kappa shape index (κ3) is 6.88. The highest BCUT2D eigenvalue weighted by atomic mass is 19.1. The number of guanidine groups is 1. The lowest BCUT2D eigenvalue weighted by Gasteiger charge is -2.14. The number of aliphatic imine (C=N–C) groups is 1. The number of benzene rings is 2. The number of aryl methyl sites for hydroxylation is 1. The lowest BCUT2D eigenvalue weighted by molar-refractivity contribution is 0.242. The average molecular weight is 411 g/mol. The van der Waals surface area contributed by atoms with Gasteiger partial charge in [0.25, 0.3) is 0 Å². The Bertz CT molecular complexity index is 970. The quantitative estimate of drug-likeness (QED) is 0.429. The number of nitrogens with zero attached hydrogens (tertiary/aromatic N) is 3. The fourth-order valence-corrected chi connectivity index (χ4v) is 2.73. The standard InChI is InChI=1S/C22H26FN5O2/c1-15(2)29-20-9-7-19(8-10-20)27-22(25-14-21-26-16(3)28-30-21)24-12-11-17-5-4-6-18(23)13-17/h4-10,13,15H,11-12,14H2,1-3H3,(H2,24,25,27). The SMILES string of the molecule is Cc1noc(CN=C(NCCc2cccc(F)c2)Nc2ccc(OC(C)C)cc2)n1. The predicted molar refractivity (Wildman–Crippen MR) is 114 cm³/mol. The Hall–Kier alpha value is -3.42. The maximum absolute atomic E-state index is 13.4. The zero-order chi connectivity index (χ0) is 21.3. The largest absolute Gasteiger partial charge is 0.491 e. The van der Waals surface area contributed by atoms with Crippen LogP contribution in [0.25, 0.3) is 0 Å². The molecule has 0 amide bonds. The van der Waals surface area contributed by atoms with Crippen molar-refractivity contribution >= 4 is 11.6 Å². The highest BCUT2D eigenvalue weighted by molar-refractivity contribution is 5.93. The number of rotatable bonds is 8. The molecule has 0 spiro atoms. The van der Waals surface area contributed by atoms with Crippen LogP contribution in [0.1, 0.15) is 31.1 Å². The van der Waals surface area contributed by atoms with Gasteiger partial charge in [-0.2, -0.15) is 4.98 Å². The molecule has 0 aliphatic heterocycles. The molecule has 0 unspecified atom stereocenters. The van der Waals surface area contributed by atoms with Crippen LogP contribution >= 0.6 is 0 Å². The van der Waals surface area contributed by atoms with E-state index in [4.69, 9.17) is 9.26 Å². The van der Waals surface area contributed by atoms with Crippen LogP contribution in [-0.4, -0.2) is 28.7 Å². The Kier molecular flexibility index (Phi) is 7.37. The summed E-state index contributed by atoms with van der Waals surface area (Å²) in [5.74, 6) is 2.11. The van der Waals surface area contributed by atoms with Crippen LogP contribution in [0.2, 0.25) is 0 Å². The Labute approximate surface area is 175 Å². The molecule has 2 N–H and O–H groups in total. The molecule has 0 radical (unpaired) electrons. The van der Waals surface area contributed by atoms with Gasteiger partial charge in [0.05, 0.1) is 6.10 Å². The lowest BCUT2D eigenvalue weighted by Crippen LogP contribution is -2.32. The lowest BCUT2D eigenvalue weighted by atomic mass is 10.1. The molecule has 0 fully saturated rings. The second-order valence-corrected chi connectivity index (χ2v) is 7.02. The molecule has 0 saturated heterocycles. The smallest absolute Gasteiger partial charge is 0.248 e. The van der Waals surface area contributed by atoms with E-state index >= 15 is 0 Å². The number of aromatic nitrogens is 2. The zero-order valence-electron chi connectivity index (χ0n) is 17.4. The highest BCUT2D eigenvalue weighted by Crippen LogP contribution is 2.17. The van der Waals surface area contributed by atoms with Crippen LogP contribution < -0.4 is 15.4 Å². The number of hydrogen-bond acceptors (Lipinski definition) is 5. The molecule has 1 heterocycles. The molecule has 1 aromatic heterocycles. The van der Waals surface area contributed by atoms with E-state index in [1.165, 1.54) is 12.1 Å². The maximum atomic E-state index is 13.4. The van der Waals surface area contributed by atoms with Crippen molar-refractivity contribution < 1.29 is 13.7 Å². The first-order valence-corrected chi connectivity index (χ1v) is 9.83. The van der Waals surface area contributed by atoms with Crippen molar-refractivity contribution in [2.45, 2.75) is 39.8 Å². The molecule has 30 heavy (non-hydrogen) atoms. The normalized spacial score (nSPS) is 11.6. The van der Waals surface area contributed by atoms with Gasteiger partial charge < -0.3 is 19.9 Å². The zero-order valence-corrected chi connectivity index (χ0v) is 17.4. The van der Waals surface area contributed by atoms with Crippen molar-refractivity contribution in [3.63, 3.8) is 0 Å². The minimum absolute atomic E-state index is 0.114. The fourth-order valence-electron chi connectivity index (χ4n) is 2.73. The first-order valence-electron chi connectivity index (χ1n) is 9.83. The van der Waals surface area contributed by atoms with Gasteiger partial charge in [0.15, 0.2) is 11.8 Å². The van der Waals surface area contributed by atoms with Gasteiger partial charge in [0.2, 0.25) is 5.89 Å². The second-order valence-electron chi connectivity index (χ2n) is 7.02. The van der Waals surface area contributed by atoms with Crippen LogP contribution in [0.15, 0.2) is 58.0 Å². The topological polar surface area (TPSA) is 84.6 Å². The molecule has 0 saturated carbocycles. The van der Waals surface area contributed by atoms with Gasteiger partial charge >= 0.3 is 0 Å². The molecule has 158 valence electrons. The molecular formula is C22H26FN5O2. The van der Waals surface area contributed by atoms with E-state index in [0.29, 0.717) is 30.6 Å². The summed E-state index contributed by atoms with van der Waals surface area (Å²) in [6.45, 7) is 6.54. The van der Waals surface area contributed by atoms with Crippen LogP contribution in [0.4, 0.5) is 10.1 Å². The van der Waals surface area contributed by atoms with Gasteiger partial charge in [0.1, 0.15) is 18.1 Å². The van der Waals surface area contributed by atoms with E-state index in [0.717, 1.165) is 17.0 Å². The van der Waals surface area contributed by atoms with Crippen molar-refractivity contribution in [1.82, 2.24) is 15.5 Å². The Morgan fingerprint density at radius 1 is 1.20 bits per heavy atom. The van der Waals surface area contributed by atoms with E-state index in [-0.39, 0.29) is 18.5 Å². The van der Waals surface area contributed by atoms with Gasteiger partial charge in [0, 0.05) is 12.2 Å². The number of anilines is 1. The Morgan fingerprint density at radius 2 is 2.00 bits per heavy atom. The number of halogens is 1. The second kappa shape index (κ2) is 10.4. The third-order valence-corrected chi connectivity index (χ3v) is 4.03. The third-order valence-electron chi connectivity index (χ3n) is 4.03. The number of nitrogens with one attached hydrogen (secondary N) is 2. The fraction of sp³-hybridized carbons (Fsp3) is 0.318. The number of hydrogen-bond donors (Lipinski definition) is 2. The molecule has 0 bridgehead atoms. The van der Waals surface area contributed by atoms with Crippen molar-refractivity contribution in [3.05, 3.63) is 71.6 Å². The first-order chi connectivity index (χ1) is 14.5. The summed E-state index contributed by atoms with van der Waals surface area (Å²) in [7, 11) is 0. The van der Waals surface area contributed by atoms with E-state index in [1.54, 1.807) is 13.0 Å². The van der Waals surface area contributed by atoms with Gasteiger partial charge in [-0.3, -0.25) is 0 Å². The van der Waals surface area contributed by atoms with Crippen LogP contribution in [0, 0.1) is 12.7 Å². The van der Waals surface area contributed by atoms with Crippen molar-refractivity contribution in [2.24, 2.45) is 4.99 Å². The summed E-state index contributed by atoms with van der Waals surface area (Å²) >= 11 is 0. The van der Waals surface area contributed by atoms with E-state index < -0.39 is 0 Å². The average Bonchev–Trinajstić information content (AvgIpc) is 3.12. The molecular weight excluding hydrogens is 385 g/mol. The maximum Gasteiger partial charge on any atom is 0.248 e. The van der Waals surface area contributed by atoms with Crippen LogP contribution in [0.3, 0.4) is 0 Å². The van der Waals surface area contributed by atoms with Gasteiger partial charge in [-0.05, 0) is 69.2 Å². The highest BCUT2D eigenvalue weighted by Gasteiger charge is 2.06. The summed E-state index contributed by atoms with van der Waals surface area (Å²) in [5.41, 5.74) is 1.76. The predicted octanol–water partition coefficient (Wildman–Crippen LogP) is 4.10. The Morgan fingerprint density at radius 3 is 2.67 bits per heavy atom. The summed E-state index contributed by atoms with van der Waals surface area (Å²) < 4.78 is 24.2. The minimum Gasteiger partial charge on any atom is -0.491 e. The molecule has 3 aromatic rings. The summed E-state index contributed by atoms with van der Waals surface area (Å²) in [6.07, 6.45) is 0.766. The summed E-state index contributed by atoms with van der Waals surface area (Å²) in [6, 6.07) is 14.2.